The minimum Gasteiger partial charge on any atom is -0.367 e. The quantitative estimate of drug-likeness (QED) is 0.186. The number of hydroxylamine groups is 1. The van der Waals surface area contributed by atoms with E-state index in [0.717, 1.165) is 5.56 Å². The fraction of sp³-hybridized carbons (Fsp3) is 0.0667. The number of hydrogen-bond acceptors (Lipinski definition) is 7. The Morgan fingerprint density at radius 2 is 1.86 bits per heavy atom. The average molecular weight is 431 g/mol. The normalized spacial score (nSPS) is 10.9. The summed E-state index contributed by atoms with van der Waals surface area (Å²) in [6, 6.07) is 6.98. The molecule has 156 valence electrons. The van der Waals surface area contributed by atoms with Gasteiger partial charge < -0.3 is 5.73 Å². The van der Waals surface area contributed by atoms with Gasteiger partial charge in [0.15, 0.2) is 0 Å². The van der Waals surface area contributed by atoms with Gasteiger partial charge in [0.05, 0.1) is 21.6 Å². The molecule has 2 aromatic carbocycles. The van der Waals surface area contributed by atoms with Crippen LogP contribution in [0, 0.1) is 34.1 Å². The minimum absolute atomic E-state index is 0.0666. The Kier molecular flexibility index (Phi) is 7.82. The third-order valence-electron chi connectivity index (χ3n) is 3.08. The molecule has 0 amide bonds. The topological polar surface area (TPSA) is 183 Å². The number of halogens is 2. The Balaban J connectivity index is 0.000000326. The molecule has 0 heterocycles. The zero-order valence-electron chi connectivity index (χ0n) is 14.7. The first-order chi connectivity index (χ1) is 13.3. The minimum atomic E-state index is -4.02. The second-order valence-corrected chi connectivity index (χ2v) is 6.71. The molecule has 0 fully saturated rings. The van der Waals surface area contributed by atoms with Crippen LogP contribution in [0.5, 0.6) is 0 Å². The summed E-state index contributed by atoms with van der Waals surface area (Å²) in [7, 11) is -4.02. The van der Waals surface area contributed by atoms with Crippen LogP contribution in [0.25, 0.3) is 0 Å². The summed E-state index contributed by atoms with van der Waals surface area (Å²) in [6.07, 6.45) is 0.603. The van der Waals surface area contributed by atoms with Crippen molar-refractivity contribution in [2.75, 3.05) is 0 Å². The summed E-state index contributed by atoms with van der Waals surface area (Å²) < 4.78 is 55.6. The fourth-order valence-electron chi connectivity index (χ4n) is 1.77. The molecule has 2 aromatic rings. The molecule has 5 N–H and O–H groups in total. The Labute approximate surface area is 163 Å². The number of hydrogen-bond donors (Lipinski definition) is 4. The first-order valence-electron chi connectivity index (χ1n) is 7.37. The number of nitro groups is 1. The van der Waals surface area contributed by atoms with Gasteiger partial charge in [0.25, 0.3) is 10.1 Å². The largest absolute Gasteiger partial charge is 0.367 e. The molecule has 11 nitrogen and oxygen atoms in total. The number of aryl methyl sites for hydroxylation is 1. The van der Waals surface area contributed by atoms with Crippen LogP contribution in [0.1, 0.15) is 11.1 Å². The van der Waals surface area contributed by atoms with Crippen LogP contribution in [0.2, 0.25) is 0 Å². The molecule has 0 atom stereocenters. The van der Waals surface area contributed by atoms with E-state index in [1.54, 1.807) is 12.1 Å². The van der Waals surface area contributed by atoms with E-state index in [4.69, 9.17) is 20.9 Å². The lowest BCUT2D eigenvalue weighted by Gasteiger charge is -2.06. The third kappa shape index (κ3) is 7.21. The lowest BCUT2D eigenvalue weighted by atomic mass is 10.2. The second kappa shape index (κ2) is 9.63. The van der Waals surface area contributed by atoms with Crippen molar-refractivity contribution in [2.24, 2.45) is 10.8 Å². The van der Waals surface area contributed by atoms with E-state index in [1.807, 2.05) is 6.92 Å². The van der Waals surface area contributed by atoms with Gasteiger partial charge >= 0.3 is 5.69 Å². The summed E-state index contributed by atoms with van der Waals surface area (Å²) in [6.45, 7) is 1.84. The van der Waals surface area contributed by atoms with Gasteiger partial charge in [-0.05, 0) is 25.1 Å². The lowest BCUT2D eigenvalue weighted by molar-refractivity contribution is -0.387. The molecule has 0 saturated carbocycles. The number of benzene rings is 2. The van der Waals surface area contributed by atoms with Crippen molar-refractivity contribution < 1.29 is 31.9 Å². The predicted octanol–water partition coefficient (Wildman–Crippen LogP) is 2.03. The molecule has 0 aliphatic rings. The highest BCUT2D eigenvalue weighted by atomic mass is 32.2. The van der Waals surface area contributed by atoms with Crippen LogP contribution in [-0.4, -0.2) is 40.4 Å². The molecule has 14 heteroatoms. The van der Waals surface area contributed by atoms with Gasteiger partial charge in [0.1, 0.15) is 5.82 Å². The molecule has 2 rings (SSSR count). The van der Waals surface area contributed by atoms with Gasteiger partial charge in [-0.3, -0.25) is 25.3 Å². The molecular weight excluding hydrogens is 416 g/mol. The van der Waals surface area contributed by atoms with Crippen molar-refractivity contribution in [3.63, 3.8) is 0 Å². The van der Waals surface area contributed by atoms with Crippen LogP contribution in [0.15, 0.2) is 46.4 Å². The summed E-state index contributed by atoms with van der Waals surface area (Å²) >= 11 is 0. The molecule has 29 heavy (non-hydrogen) atoms. The Morgan fingerprint density at radius 1 is 1.31 bits per heavy atom. The van der Waals surface area contributed by atoms with E-state index < -0.39 is 43.9 Å². The van der Waals surface area contributed by atoms with E-state index in [1.165, 1.54) is 12.1 Å². The standard InChI is InChI=1S/C8H7F2N5O3.C7H8O3S/c9-5-1-4(3-13-14(16)8(11)12)7(15(17)18)6(10)2-5;1-6-2-4-7(5-3-6)11(8,9)10/h1-3,16H,(H3,11,12);2-5H,1H3,(H,8,9,10)/b13-3+;. The van der Waals surface area contributed by atoms with Crippen LogP contribution in [0.3, 0.4) is 0 Å². The van der Waals surface area contributed by atoms with Crippen molar-refractivity contribution in [2.45, 2.75) is 11.8 Å². The van der Waals surface area contributed by atoms with Crippen molar-refractivity contribution in [3.05, 3.63) is 69.3 Å². The molecule has 0 radical (unpaired) electrons. The average Bonchev–Trinajstić information content (AvgIpc) is 2.58. The van der Waals surface area contributed by atoms with Gasteiger partial charge in [-0.15, -0.1) is 5.17 Å². The molecule has 0 bridgehead atoms. The number of nitrogens with zero attached hydrogens (tertiary/aromatic N) is 3. The van der Waals surface area contributed by atoms with E-state index in [9.17, 15) is 27.3 Å². The van der Waals surface area contributed by atoms with Crippen molar-refractivity contribution >= 4 is 28.0 Å². The predicted molar refractivity (Wildman–Crippen MR) is 97.1 cm³/mol. The highest BCUT2D eigenvalue weighted by Crippen LogP contribution is 2.22. The molecular formula is C15H15F2N5O6S. The summed E-state index contributed by atoms with van der Waals surface area (Å²) in [5.74, 6) is -3.30. The van der Waals surface area contributed by atoms with Crippen molar-refractivity contribution in [1.82, 2.24) is 5.17 Å². The first kappa shape index (κ1) is 23.5. The maximum absolute atomic E-state index is 13.2. The highest BCUT2D eigenvalue weighted by Gasteiger charge is 2.21. The van der Waals surface area contributed by atoms with Crippen LogP contribution < -0.4 is 5.73 Å². The molecule has 0 aromatic heterocycles. The van der Waals surface area contributed by atoms with Crippen LogP contribution in [-0.2, 0) is 10.1 Å². The monoisotopic (exact) mass is 431 g/mol. The maximum Gasteiger partial charge on any atom is 0.313 e. The van der Waals surface area contributed by atoms with Gasteiger partial charge in [-0.1, -0.05) is 17.7 Å². The third-order valence-corrected chi connectivity index (χ3v) is 3.95. The lowest BCUT2D eigenvalue weighted by Crippen LogP contribution is -2.28. The maximum atomic E-state index is 13.2. The smallest absolute Gasteiger partial charge is 0.313 e. The van der Waals surface area contributed by atoms with Gasteiger partial charge in [0, 0.05) is 6.07 Å². The zero-order valence-corrected chi connectivity index (χ0v) is 15.5. The molecule has 0 aliphatic carbocycles. The van der Waals surface area contributed by atoms with Crippen molar-refractivity contribution in [1.29, 1.82) is 5.41 Å². The summed E-state index contributed by atoms with van der Waals surface area (Å²) in [5.41, 5.74) is 4.26. The van der Waals surface area contributed by atoms with Crippen molar-refractivity contribution in [3.8, 4) is 0 Å². The molecule has 0 aliphatic heterocycles. The molecule has 0 spiro atoms. The second-order valence-electron chi connectivity index (χ2n) is 5.29. The fourth-order valence-corrected chi connectivity index (χ4v) is 2.25. The van der Waals surface area contributed by atoms with Gasteiger partial charge in [-0.2, -0.15) is 17.9 Å². The van der Waals surface area contributed by atoms with Gasteiger partial charge in [-0.25, -0.2) is 4.39 Å². The first-order valence-corrected chi connectivity index (χ1v) is 8.81. The number of nitro benzene ring substituents is 1. The SMILES string of the molecule is Cc1ccc(S(=O)(=O)O)cc1.N=C(N)N(O)/N=C/c1cc(F)cc(F)c1[N+](=O)[O-]. The number of hydrazone groups is 1. The number of guanidine groups is 1. The van der Waals surface area contributed by atoms with E-state index in [2.05, 4.69) is 5.10 Å². The Morgan fingerprint density at radius 3 is 2.31 bits per heavy atom. The number of nitrogens with two attached hydrogens (primary N) is 1. The molecule has 0 unspecified atom stereocenters. The Hall–Kier alpha value is -3.49. The number of rotatable bonds is 4. The number of nitrogens with one attached hydrogen (secondary N) is 1. The zero-order chi connectivity index (χ0) is 22.4. The molecule has 0 saturated heterocycles. The summed E-state index contributed by atoms with van der Waals surface area (Å²) in [5, 5.41) is 29.2. The van der Waals surface area contributed by atoms with Crippen LogP contribution >= 0.6 is 0 Å². The highest BCUT2D eigenvalue weighted by molar-refractivity contribution is 7.85. The van der Waals surface area contributed by atoms with E-state index >= 15 is 0 Å². The van der Waals surface area contributed by atoms with Gasteiger partial charge in [0.2, 0.25) is 11.8 Å². The van der Waals surface area contributed by atoms with Crippen LogP contribution in [0.4, 0.5) is 14.5 Å². The van der Waals surface area contributed by atoms with E-state index in [0.29, 0.717) is 18.3 Å². The Bertz CT molecular complexity index is 1040. The summed E-state index contributed by atoms with van der Waals surface area (Å²) in [4.78, 5) is 9.44. The van der Waals surface area contributed by atoms with E-state index in [-0.39, 0.29) is 10.1 Å².